The topological polar surface area (TPSA) is 372 Å². The predicted octanol–water partition coefficient (Wildman–Crippen LogP) is -7.89. The third-order valence-corrected chi connectivity index (χ3v) is 8.91. The third-order valence-electron chi connectivity index (χ3n) is 8.91. The van der Waals surface area contributed by atoms with Gasteiger partial charge in [0.1, 0.15) is 73.2 Å². The van der Waals surface area contributed by atoms with E-state index in [2.05, 4.69) is 9.47 Å². The first-order chi connectivity index (χ1) is 24.9. The molecule has 304 valence electrons. The zero-order valence-corrected chi connectivity index (χ0v) is 28.1. The van der Waals surface area contributed by atoms with E-state index >= 15 is 0 Å². The van der Waals surface area contributed by atoms with Crippen molar-refractivity contribution >= 4 is 23.9 Å². The number of carbonyl (C=O) groups excluding carboxylic acids is 2. The molecule has 4 rings (SSSR count). The van der Waals surface area contributed by atoms with Gasteiger partial charge in [-0.05, 0) is 0 Å². The SMILES string of the molecule is COC(=O)C1O[C@@H](O[C@@H]2C(O)C(O)[C@@H](OC)O[C@H]2C(=O)O)C(O)[C@H](O)[C@H]1O[C@H]1O[C@@H](C(=O)OC)[C@H](O[C@@H]2OC(C(=O)O)[C@H](OC)[C@@H](O)C2O)C(O)C1O. The molecule has 25 nitrogen and oxygen atoms in total. The zero-order valence-electron chi connectivity index (χ0n) is 28.1. The summed E-state index contributed by atoms with van der Waals surface area (Å²) >= 11 is 0. The van der Waals surface area contributed by atoms with Crippen molar-refractivity contribution in [2.45, 2.75) is 123 Å². The Balaban J connectivity index is 1.56. The van der Waals surface area contributed by atoms with Crippen LogP contribution in [-0.2, 0) is 71.3 Å². The van der Waals surface area contributed by atoms with Gasteiger partial charge >= 0.3 is 23.9 Å². The molecule has 0 saturated carbocycles. The lowest BCUT2D eigenvalue weighted by atomic mass is 9.95. The summed E-state index contributed by atoms with van der Waals surface area (Å²) in [5.74, 6) is -6.02. The van der Waals surface area contributed by atoms with Gasteiger partial charge < -0.3 is 103 Å². The molecule has 4 heterocycles. The van der Waals surface area contributed by atoms with Gasteiger partial charge in [-0.25, -0.2) is 19.2 Å². The van der Waals surface area contributed by atoms with Crippen LogP contribution in [-0.4, -0.2) is 226 Å². The molecule has 0 amide bonds. The average molecular weight is 779 g/mol. The summed E-state index contributed by atoms with van der Waals surface area (Å²) < 4.78 is 56.7. The van der Waals surface area contributed by atoms with Gasteiger partial charge in [0.15, 0.2) is 49.6 Å². The standard InChI is InChI=1S/C28H42O25/c1-43-13-5(29)10(34)26(51-17(13)21(37)38)48-15-8(32)12(36)28(53-19(15)23(41)44-2)49-16-7(31)11(35)27(52-20(16)24(42)45-3)47-14-6(30)9(33)25(46-4)50-18(14)22(39)40/h5-20,25-36H,1-4H3,(H,37,38)(H,39,40)/t5-,6?,7-,8?,9?,10?,11?,12?,13+,14+,15+,16+,17?,18+,19+,20?,25-,26+,27+,28-/m0/s1. The van der Waals surface area contributed by atoms with Gasteiger partial charge in [-0.15, -0.1) is 0 Å². The first-order valence-electron chi connectivity index (χ1n) is 15.6. The number of carbonyl (C=O) groups is 4. The van der Waals surface area contributed by atoms with E-state index in [0.29, 0.717) is 0 Å². The summed E-state index contributed by atoms with van der Waals surface area (Å²) in [6, 6.07) is 0. The average Bonchev–Trinajstić information content (AvgIpc) is 3.13. The number of carboxylic acid groups (broad SMARTS) is 2. The van der Waals surface area contributed by atoms with E-state index in [1.165, 1.54) is 0 Å². The molecule has 0 radical (unpaired) electrons. The molecule has 0 spiro atoms. The summed E-state index contributed by atoms with van der Waals surface area (Å²) in [7, 11) is 3.81. The smallest absolute Gasteiger partial charge is 0.337 e. The highest BCUT2D eigenvalue weighted by Crippen LogP contribution is 2.35. The maximum absolute atomic E-state index is 12.8. The molecule has 0 aliphatic carbocycles. The third kappa shape index (κ3) is 8.55. The van der Waals surface area contributed by atoms with Gasteiger partial charge in [0.25, 0.3) is 0 Å². The van der Waals surface area contributed by atoms with Gasteiger partial charge in [0.05, 0.1) is 14.2 Å². The second kappa shape index (κ2) is 17.8. The van der Waals surface area contributed by atoms with E-state index in [4.69, 9.17) is 42.6 Å². The number of esters is 2. The van der Waals surface area contributed by atoms with Crippen molar-refractivity contribution in [1.82, 2.24) is 0 Å². The second-order valence-corrected chi connectivity index (χ2v) is 12.1. The fourth-order valence-electron chi connectivity index (χ4n) is 6.07. The van der Waals surface area contributed by atoms with Gasteiger partial charge in [-0.2, -0.15) is 0 Å². The van der Waals surface area contributed by atoms with Crippen LogP contribution >= 0.6 is 0 Å². The van der Waals surface area contributed by atoms with Gasteiger partial charge in [-0.3, -0.25) is 0 Å². The van der Waals surface area contributed by atoms with Crippen molar-refractivity contribution in [3.8, 4) is 0 Å². The van der Waals surface area contributed by atoms with E-state index in [1.807, 2.05) is 0 Å². The monoisotopic (exact) mass is 778 g/mol. The molecule has 4 aliphatic rings. The van der Waals surface area contributed by atoms with Crippen molar-refractivity contribution < 1.29 is 122 Å². The first-order valence-corrected chi connectivity index (χ1v) is 15.6. The molecule has 0 aromatic rings. The number of hydrogen-bond acceptors (Lipinski definition) is 23. The summed E-state index contributed by atoms with van der Waals surface area (Å²) in [4.78, 5) is 49.3. The van der Waals surface area contributed by atoms with Crippen molar-refractivity contribution in [3.63, 3.8) is 0 Å². The van der Waals surface area contributed by atoms with Crippen LogP contribution in [0.3, 0.4) is 0 Å². The molecule has 4 fully saturated rings. The Morgan fingerprint density at radius 1 is 0.396 bits per heavy atom. The maximum Gasteiger partial charge on any atom is 0.337 e. The van der Waals surface area contributed by atoms with Crippen LogP contribution in [0.15, 0.2) is 0 Å². The Morgan fingerprint density at radius 2 is 0.679 bits per heavy atom. The second-order valence-electron chi connectivity index (χ2n) is 12.1. The summed E-state index contributed by atoms with van der Waals surface area (Å²) in [6.07, 6.45) is -41.1. The molecule has 0 aromatic heterocycles. The number of rotatable bonds is 12. The molecule has 0 bridgehead atoms. The minimum absolute atomic E-state index is 0.865. The van der Waals surface area contributed by atoms with Crippen LogP contribution in [0.1, 0.15) is 0 Å². The number of aliphatic hydroxyl groups excluding tert-OH is 8. The highest BCUT2D eigenvalue weighted by atomic mass is 16.8. The quantitative estimate of drug-likeness (QED) is 0.0822. The normalized spacial score (nSPS) is 46.3. The van der Waals surface area contributed by atoms with Crippen LogP contribution in [0, 0.1) is 0 Å². The summed E-state index contributed by atoms with van der Waals surface area (Å²) in [5, 5.41) is 105. The molecule has 25 heteroatoms. The molecule has 8 unspecified atom stereocenters. The van der Waals surface area contributed by atoms with Crippen LogP contribution in [0.25, 0.3) is 0 Å². The van der Waals surface area contributed by atoms with Crippen molar-refractivity contribution in [2.24, 2.45) is 0 Å². The lowest BCUT2D eigenvalue weighted by molar-refractivity contribution is -0.379. The van der Waals surface area contributed by atoms with Gasteiger partial charge in [-0.1, -0.05) is 0 Å². The van der Waals surface area contributed by atoms with Crippen LogP contribution in [0.2, 0.25) is 0 Å². The minimum Gasteiger partial charge on any atom is -0.479 e. The number of aliphatic hydroxyl groups is 8. The van der Waals surface area contributed by atoms with E-state index in [1.54, 1.807) is 0 Å². The van der Waals surface area contributed by atoms with Crippen LogP contribution in [0.4, 0.5) is 0 Å². The van der Waals surface area contributed by atoms with Gasteiger partial charge in [0, 0.05) is 14.2 Å². The van der Waals surface area contributed by atoms with E-state index in [9.17, 15) is 70.2 Å². The largest absolute Gasteiger partial charge is 0.479 e. The Hall–Kier alpha value is -2.80. The fraction of sp³-hybridized carbons (Fsp3) is 0.857. The van der Waals surface area contributed by atoms with Crippen molar-refractivity contribution in [1.29, 1.82) is 0 Å². The predicted molar refractivity (Wildman–Crippen MR) is 154 cm³/mol. The molecular formula is C28H42O25. The Kier molecular flexibility index (Phi) is 14.4. The van der Waals surface area contributed by atoms with Crippen molar-refractivity contribution in [3.05, 3.63) is 0 Å². The minimum atomic E-state index is -2.29. The number of ether oxygens (including phenoxy) is 11. The highest BCUT2D eigenvalue weighted by molar-refractivity contribution is 5.76. The van der Waals surface area contributed by atoms with E-state index < -0.39 is 147 Å². The van der Waals surface area contributed by atoms with Crippen LogP contribution < -0.4 is 0 Å². The summed E-state index contributed by atoms with van der Waals surface area (Å²) in [6.45, 7) is 0. The molecule has 4 saturated heterocycles. The lowest BCUT2D eigenvalue weighted by Crippen LogP contribution is -2.68. The molecule has 10 N–H and O–H groups in total. The number of methoxy groups -OCH3 is 4. The molecule has 20 atom stereocenters. The molecule has 53 heavy (non-hydrogen) atoms. The first kappa shape index (κ1) is 42.9. The van der Waals surface area contributed by atoms with Crippen molar-refractivity contribution in [2.75, 3.05) is 28.4 Å². The molecule has 4 aliphatic heterocycles. The number of carboxylic acids is 2. The van der Waals surface area contributed by atoms with E-state index in [-0.39, 0.29) is 0 Å². The van der Waals surface area contributed by atoms with Gasteiger partial charge in [0.2, 0.25) is 0 Å². The molecule has 0 aromatic carbocycles. The van der Waals surface area contributed by atoms with Crippen LogP contribution in [0.5, 0.6) is 0 Å². The Bertz CT molecular complexity index is 1290. The highest BCUT2D eigenvalue weighted by Gasteiger charge is 2.58. The maximum atomic E-state index is 12.8. The zero-order chi connectivity index (χ0) is 39.6. The lowest BCUT2D eigenvalue weighted by Gasteiger charge is -2.48. The summed E-state index contributed by atoms with van der Waals surface area (Å²) in [5.41, 5.74) is 0. The Labute approximate surface area is 297 Å². The van der Waals surface area contributed by atoms with E-state index in [0.717, 1.165) is 28.4 Å². The number of aliphatic carboxylic acids is 2. The number of hydrogen-bond donors (Lipinski definition) is 10. The Morgan fingerprint density at radius 3 is 1.00 bits per heavy atom. The molecular weight excluding hydrogens is 736 g/mol. The fourth-order valence-corrected chi connectivity index (χ4v) is 6.07.